The fourth-order valence-electron chi connectivity index (χ4n) is 6.73. The highest BCUT2D eigenvalue weighted by Gasteiger charge is 2.53. The van der Waals surface area contributed by atoms with Crippen LogP contribution >= 0.6 is 0 Å². The number of hydrogen-bond donors (Lipinski definition) is 0. The molecule has 0 radical (unpaired) electrons. The Hall–Kier alpha value is -0.850. The molecule has 2 aliphatic rings. The zero-order valence-electron chi connectivity index (χ0n) is 18.1. The van der Waals surface area contributed by atoms with Gasteiger partial charge in [0.25, 0.3) is 0 Å². The van der Waals surface area contributed by atoms with E-state index in [2.05, 4.69) is 41.2 Å². The predicted molar refractivity (Wildman–Crippen MR) is 113 cm³/mol. The third-order valence-corrected chi connectivity index (χ3v) is 8.05. The summed E-state index contributed by atoms with van der Waals surface area (Å²) in [5, 5.41) is 0. The van der Waals surface area contributed by atoms with Crippen LogP contribution in [0.2, 0.25) is 0 Å². The molecule has 0 spiro atoms. The largest absolute Gasteiger partial charge is 0.299 e. The number of hydrogen-bond acceptors (Lipinski definition) is 1. The number of fused-ring (bicyclic) bond motifs is 1. The Balaban J connectivity index is 2.37. The van der Waals surface area contributed by atoms with E-state index in [9.17, 15) is 4.79 Å². The summed E-state index contributed by atoms with van der Waals surface area (Å²) in [4.78, 5) is 11.3. The van der Waals surface area contributed by atoms with Crippen LogP contribution in [0.4, 0.5) is 0 Å². The van der Waals surface area contributed by atoms with Gasteiger partial charge in [0.2, 0.25) is 0 Å². The minimum absolute atomic E-state index is 0.230. The molecular weight excluding hydrogens is 316 g/mol. The van der Waals surface area contributed by atoms with E-state index < -0.39 is 0 Å². The van der Waals surface area contributed by atoms with Crippen molar-refractivity contribution in [3.63, 3.8) is 0 Å². The lowest BCUT2D eigenvalue weighted by Gasteiger charge is -2.58. The lowest BCUT2D eigenvalue weighted by atomic mass is 9.46. The van der Waals surface area contributed by atoms with Crippen molar-refractivity contribution >= 4 is 6.29 Å². The van der Waals surface area contributed by atoms with E-state index in [1.807, 2.05) is 6.08 Å². The first-order valence-electron chi connectivity index (χ1n) is 11.2. The highest BCUT2D eigenvalue weighted by Crippen LogP contribution is 2.62. The van der Waals surface area contributed by atoms with Crippen LogP contribution in [0.1, 0.15) is 98.8 Å². The summed E-state index contributed by atoms with van der Waals surface area (Å²) < 4.78 is 0. The van der Waals surface area contributed by atoms with Gasteiger partial charge in [-0.2, -0.15) is 0 Å². The summed E-state index contributed by atoms with van der Waals surface area (Å²) in [7, 11) is 0. The number of carbonyl (C=O) groups excluding carboxylic acids is 1. The predicted octanol–water partition coefficient (Wildman–Crippen LogP) is 7.52. The molecule has 26 heavy (non-hydrogen) atoms. The van der Waals surface area contributed by atoms with Gasteiger partial charge in [0.05, 0.1) is 0 Å². The summed E-state index contributed by atoms with van der Waals surface area (Å²) in [6.07, 6.45) is 15.4. The van der Waals surface area contributed by atoms with E-state index in [1.165, 1.54) is 62.5 Å². The Kier molecular flexibility index (Phi) is 7.34. The van der Waals surface area contributed by atoms with Gasteiger partial charge in [-0.1, -0.05) is 65.2 Å². The maximum absolute atomic E-state index is 11.3. The SMILES string of the molecule is C=C(CC)CC1(C)CCC2C(CC/C(=C/C=O)C2(C)CCC)C1CCC. The van der Waals surface area contributed by atoms with Crippen LogP contribution in [0.5, 0.6) is 0 Å². The van der Waals surface area contributed by atoms with Crippen molar-refractivity contribution < 1.29 is 4.79 Å². The Morgan fingerprint density at radius 2 is 1.92 bits per heavy atom. The van der Waals surface area contributed by atoms with Gasteiger partial charge in [-0.15, -0.1) is 0 Å². The van der Waals surface area contributed by atoms with Crippen LogP contribution in [0.3, 0.4) is 0 Å². The van der Waals surface area contributed by atoms with Gasteiger partial charge in [-0.25, -0.2) is 0 Å². The van der Waals surface area contributed by atoms with Crippen LogP contribution < -0.4 is 0 Å². The first kappa shape index (κ1) is 21.5. The maximum atomic E-state index is 11.3. The molecular formula is C25H42O. The van der Waals surface area contributed by atoms with Crippen molar-refractivity contribution in [1.82, 2.24) is 0 Å². The summed E-state index contributed by atoms with van der Waals surface area (Å²) in [6, 6.07) is 0. The van der Waals surface area contributed by atoms with Gasteiger partial charge in [0, 0.05) is 0 Å². The molecule has 2 aliphatic carbocycles. The van der Waals surface area contributed by atoms with Gasteiger partial charge in [-0.05, 0) is 86.0 Å². The molecule has 0 saturated heterocycles. The summed E-state index contributed by atoms with van der Waals surface area (Å²) in [5.41, 5.74) is 3.52. The molecule has 0 N–H and O–H groups in total. The molecule has 0 bridgehead atoms. The van der Waals surface area contributed by atoms with Crippen LogP contribution in [0.15, 0.2) is 23.8 Å². The van der Waals surface area contributed by atoms with Gasteiger partial charge >= 0.3 is 0 Å². The molecule has 0 amide bonds. The second-order valence-corrected chi connectivity index (χ2v) is 9.67. The molecule has 2 saturated carbocycles. The molecule has 0 aromatic heterocycles. The second-order valence-electron chi connectivity index (χ2n) is 9.67. The zero-order valence-corrected chi connectivity index (χ0v) is 18.1. The van der Waals surface area contributed by atoms with Crippen LogP contribution in [0.25, 0.3) is 0 Å². The van der Waals surface area contributed by atoms with E-state index in [0.717, 1.165) is 36.9 Å². The normalized spacial score (nSPS) is 38.8. The smallest absolute Gasteiger partial charge is 0.142 e. The van der Waals surface area contributed by atoms with E-state index >= 15 is 0 Å². The molecule has 5 unspecified atom stereocenters. The molecule has 0 aromatic rings. The lowest BCUT2D eigenvalue weighted by Crippen LogP contribution is -2.50. The molecule has 0 aliphatic heterocycles. The molecule has 2 fully saturated rings. The fourth-order valence-corrected chi connectivity index (χ4v) is 6.73. The average molecular weight is 359 g/mol. The first-order chi connectivity index (χ1) is 12.4. The van der Waals surface area contributed by atoms with Gasteiger partial charge in [0.15, 0.2) is 0 Å². The highest BCUT2D eigenvalue weighted by molar-refractivity contribution is 5.66. The molecule has 148 valence electrons. The zero-order chi connectivity index (χ0) is 19.4. The monoisotopic (exact) mass is 358 g/mol. The summed E-state index contributed by atoms with van der Waals surface area (Å²) >= 11 is 0. The molecule has 5 atom stereocenters. The number of rotatable bonds is 8. The summed E-state index contributed by atoms with van der Waals surface area (Å²) in [5.74, 6) is 2.38. The third-order valence-electron chi connectivity index (χ3n) is 8.05. The van der Waals surface area contributed by atoms with Crippen molar-refractivity contribution in [2.45, 2.75) is 98.8 Å². The van der Waals surface area contributed by atoms with Gasteiger partial charge in [-0.3, -0.25) is 4.79 Å². The van der Waals surface area contributed by atoms with Crippen molar-refractivity contribution in [2.75, 3.05) is 0 Å². The Morgan fingerprint density at radius 1 is 1.19 bits per heavy atom. The van der Waals surface area contributed by atoms with E-state index in [1.54, 1.807) is 0 Å². The van der Waals surface area contributed by atoms with Crippen LogP contribution in [0, 0.1) is 28.6 Å². The quantitative estimate of drug-likeness (QED) is 0.249. The molecule has 0 aromatic carbocycles. The third kappa shape index (κ3) is 4.02. The van der Waals surface area contributed by atoms with Crippen molar-refractivity contribution in [2.24, 2.45) is 28.6 Å². The second kappa shape index (κ2) is 8.89. The van der Waals surface area contributed by atoms with Gasteiger partial charge < -0.3 is 0 Å². The molecule has 0 heterocycles. The van der Waals surface area contributed by atoms with Crippen molar-refractivity contribution in [3.05, 3.63) is 23.8 Å². The van der Waals surface area contributed by atoms with Crippen molar-refractivity contribution in [3.8, 4) is 0 Å². The number of allylic oxidation sites excluding steroid dienone is 3. The fraction of sp³-hybridized carbons (Fsp3) is 0.800. The maximum Gasteiger partial charge on any atom is 0.142 e. The molecule has 1 nitrogen and oxygen atoms in total. The Bertz CT molecular complexity index is 530. The van der Waals surface area contributed by atoms with Gasteiger partial charge in [0.1, 0.15) is 6.29 Å². The average Bonchev–Trinajstić information content (AvgIpc) is 2.60. The molecule has 1 heteroatoms. The minimum atomic E-state index is 0.230. The number of aldehydes is 1. The summed E-state index contributed by atoms with van der Waals surface area (Å²) in [6.45, 7) is 16.3. The topological polar surface area (TPSA) is 17.1 Å². The molecule has 2 rings (SSSR count). The van der Waals surface area contributed by atoms with Crippen LogP contribution in [-0.2, 0) is 4.79 Å². The lowest BCUT2D eigenvalue weighted by molar-refractivity contribution is -0.104. The highest BCUT2D eigenvalue weighted by atomic mass is 16.1. The number of carbonyl (C=O) groups is 1. The first-order valence-corrected chi connectivity index (χ1v) is 11.2. The Morgan fingerprint density at radius 3 is 2.50 bits per heavy atom. The standard InChI is InChI=1S/C25H42O/c1-7-10-22-21-12-11-20(14-17-26)25(6,15-8-2)23(21)13-16-24(22,5)18-19(4)9-3/h14,17,21-23H,4,7-13,15-16,18H2,1-3,5-6H3/b20-14-. The van der Waals surface area contributed by atoms with E-state index in [4.69, 9.17) is 0 Å². The minimum Gasteiger partial charge on any atom is -0.299 e. The van der Waals surface area contributed by atoms with E-state index in [0.29, 0.717) is 5.41 Å². The Labute approximate surface area is 162 Å². The van der Waals surface area contributed by atoms with E-state index in [-0.39, 0.29) is 5.41 Å². The van der Waals surface area contributed by atoms with Crippen LogP contribution in [-0.4, -0.2) is 6.29 Å². The van der Waals surface area contributed by atoms with Crippen molar-refractivity contribution in [1.29, 1.82) is 0 Å².